The lowest BCUT2D eigenvalue weighted by Gasteiger charge is -2.15. The van der Waals surface area contributed by atoms with Gasteiger partial charge in [0.15, 0.2) is 6.20 Å². The highest BCUT2D eigenvalue weighted by molar-refractivity contribution is 5.84. The van der Waals surface area contributed by atoms with Crippen molar-refractivity contribution in [3.05, 3.63) is 60.8 Å². The first-order chi connectivity index (χ1) is 8.92. The maximum absolute atomic E-state index is 5.76. The molecule has 0 bridgehead atoms. The Bertz CT molecular complexity index is 749. The van der Waals surface area contributed by atoms with Crippen LogP contribution in [0.2, 0.25) is 0 Å². The Balaban J connectivity index is 2.06. The molecule has 3 aromatic rings. The average molecular weight is 234 g/mol. The number of rotatable bonds is 0. The lowest BCUT2D eigenvalue weighted by atomic mass is 10.1. The Morgan fingerprint density at radius 1 is 0.889 bits per heavy atom. The van der Waals surface area contributed by atoms with Crippen LogP contribution in [-0.2, 0) is 6.73 Å². The second-order valence-electron chi connectivity index (χ2n) is 4.53. The van der Waals surface area contributed by atoms with Crippen molar-refractivity contribution in [3.8, 4) is 17.0 Å². The number of fused-ring (bicyclic) bond motifs is 4. The summed E-state index contributed by atoms with van der Waals surface area (Å²) in [5, 5.41) is 2.50. The van der Waals surface area contributed by atoms with E-state index in [1.165, 1.54) is 16.5 Å². The summed E-state index contributed by atoms with van der Waals surface area (Å²) in [5.74, 6) is 0.966. The molecule has 2 nitrogen and oxygen atoms in total. The standard InChI is InChI=1S/C16H12NO/c1-2-6-13-10-17-11-18-16-8-4-3-7-14(16)15(17)9-12(13)5-1/h1-10H,11H2/q+1. The van der Waals surface area contributed by atoms with Crippen molar-refractivity contribution in [3.63, 3.8) is 0 Å². The largest absolute Gasteiger partial charge is 0.435 e. The number of aromatic nitrogens is 1. The van der Waals surface area contributed by atoms with E-state index in [0.717, 1.165) is 11.3 Å². The van der Waals surface area contributed by atoms with Gasteiger partial charge in [-0.05, 0) is 23.6 Å². The van der Waals surface area contributed by atoms with Crippen LogP contribution in [0.3, 0.4) is 0 Å². The molecule has 0 spiro atoms. The van der Waals surface area contributed by atoms with Gasteiger partial charge in [0, 0.05) is 11.5 Å². The molecule has 1 aliphatic heterocycles. The molecule has 86 valence electrons. The van der Waals surface area contributed by atoms with E-state index in [1.54, 1.807) is 0 Å². The molecule has 0 saturated carbocycles. The van der Waals surface area contributed by atoms with Crippen molar-refractivity contribution >= 4 is 10.8 Å². The molecule has 0 radical (unpaired) electrons. The number of para-hydroxylation sites is 1. The summed E-state index contributed by atoms with van der Waals surface area (Å²) in [7, 11) is 0. The molecule has 0 N–H and O–H groups in total. The van der Waals surface area contributed by atoms with Crippen LogP contribution >= 0.6 is 0 Å². The SMILES string of the molecule is c1ccc2c(c1)OC[n+]1cc3ccccc3cc1-2. The summed E-state index contributed by atoms with van der Waals surface area (Å²) >= 11 is 0. The normalized spacial score (nSPS) is 12.7. The first kappa shape index (κ1) is 9.66. The van der Waals surface area contributed by atoms with Gasteiger partial charge >= 0.3 is 0 Å². The molecule has 18 heavy (non-hydrogen) atoms. The summed E-state index contributed by atoms with van der Waals surface area (Å²) in [6.45, 7) is 0.581. The van der Waals surface area contributed by atoms with Crippen molar-refractivity contribution in [1.29, 1.82) is 0 Å². The average Bonchev–Trinajstić information content (AvgIpc) is 2.45. The van der Waals surface area contributed by atoms with Crippen LogP contribution in [0.1, 0.15) is 0 Å². The van der Waals surface area contributed by atoms with Gasteiger partial charge in [-0.2, -0.15) is 4.57 Å². The molecule has 2 aromatic carbocycles. The predicted molar refractivity (Wildman–Crippen MR) is 70.2 cm³/mol. The van der Waals surface area contributed by atoms with Gasteiger partial charge in [0.2, 0.25) is 5.69 Å². The van der Waals surface area contributed by atoms with Crippen molar-refractivity contribution in [2.24, 2.45) is 0 Å². The topological polar surface area (TPSA) is 13.1 Å². The molecular formula is C16H12NO+. The summed E-state index contributed by atoms with van der Waals surface area (Å²) in [6, 6.07) is 18.8. The third-order valence-corrected chi connectivity index (χ3v) is 3.41. The van der Waals surface area contributed by atoms with Gasteiger partial charge in [-0.15, -0.1) is 0 Å². The molecule has 0 fully saturated rings. The monoisotopic (exact) mass is 234 g/mol. The van der Waals surface area contributed by atoms with Crippen LogP contribution in [0.4, 0.5) is 0 Å². The number of ether oxygens (including phenoxy) is 1. The van der Waals surface area contributed by atoms with Crippen LogP contribution in [-0.4, -0.2) is 0 Å². The Morgan fingerprint density at radius 3 is 2.61 bits per heavy atom. The van der Waals surface area contributed by atoms with Gasteiger partial charge in [0.25, 0.3) is 6.73 Å². The van der Waals surface area contributed by atoms with Crippen LogP contribution in [0.15, 0.2) is 60.8 Å². The minimum absolute atomic E-state index is 0.581. The third-order valence-electron chi connectivity index (χ3n) is 3.41. The maximum Gasteiger partial charge on any atom is 0.292 e. The molecule has 0 saturated heterocycles. The van der Waals surface area contributed by atoms with E-state index >= 15 is 0 Å². The Labute approximate surface area is 105 Å². The van der Waals surface area contributed by atoms with Gasteiger partial charge in [-0.25, -0.2) is 0 Å². The molecule has 0 unspecified atom stereocenters. The molecule has 2 heterocycles. The van der Waals surface area contributed by atoms with Crippen molar-refractivity contribution in [1.82, 2.24) is 0 Å². The summed E-state index contributed by atoms with van der Waals surface area (Å²) < 4.78 is 7.92. The fourth-order valence-electron chi connectivity index (χ4n) is 2.51. The molecule has 1 aromatic heterocycles. The second kappa shape index (κ2) is 3.57. The van der Waals surface area contributed by atoms with E-state index < -0.39 is 0 Å². The van der Waals surface area contributed by atoms with E-state index in [-0.39, 0.29) is 0 Å². The minimum Gasteiger partial charge on any atom is -0.435 e. The molecule has 0 atom stereocenters. The fraction of sp³-hybridized carbons (Fsp3) is 0.0625. The zero-order valence-corrected chi connectivity index (χ0v) is 9.84. The number of nitrogens with zero attached hydrogens (tertiary/aromatic N) is 1. The lowest BCUT2D eigenvalue weighted by molar-refractivity contribution is -0.716. The zero-order valence-electron chi connectivity index (χ0n) is 9.84. The van der Waals surface area contributed by atoms with E-state index in [2.05, 4.69) is 47.2 Å². The van der Waals surface area contributed by atoms with E-state index in [1.807, 2.05) is 18.2 Å². The number of hydrogen-bond acceptors (Lipinski definition) is 1. The molecule has 1 aliphatic rings. The number of hydrogen-bond donors (Lipinski definition) is 0. The molecule has 0 amide bonds. The molecule has 4 rings (SSSR count). The highest BCUT2D eigenvalue weighted by Gasteiger charge is 2.23. The van der Waals surface area contributed by atoms with Crippen molar-refractivity contribution < 1.29 is 9.30 Å². The van der Waals surface area contributed by atoms with Crippen molar-refractivity contribution in [2.45, 2.75) is 6.73 Å². The van der Waals surface area contributed by atoms with E-state index in [0.29, 0.717) is 6.73 Å². The van der Waals surface area contributed by atoms with Gasteiger partial charge in [-0.1, -0.05) is 30.3 Å². The highest BCUT2D eigenvalue weighted by atomic mass is 16.5. The van der Waals surface area contributed by atoms with Crippen LogP contribution in [0.5, 0.6) is 5.75 Å². The highest BCUT2D eigenvalue weighted by Crippen LogP contribution is 2.31. The Kier molecular flexibility index (Phi) is 1.92. The predicted octanol–water partition coefficient (Wildman–Crippen LogP) is 3.14. The Morgan fingerprint density at radius 2 is 1.67 bits per heavy atom. The maximum atomic E-state index is 5.76. The van der Waals surface area contributed by atoms with Crippen LogP contribution in [0.25, 0.3) is 22.0 Å². The van der Waals surface area contributed by atoms with Crippen molar-refractivity contribution in [2.75, 3.05) is 0 Å². The number of benzene rings is 2. The van der Waals surface area contributed by atoms with Gasteiger partial charge < -0.3 is 4.74 Å². The summed E-state index contributed by atoms with van der Waals surface area (Å²) in [5.41, 5.74) is 2.38. The van der Waals surface area contributed by atoms with Crippen LogP contribution in [0, 0.1) is 0 Å². The molecule has 0 aliphatic carbocycles. The van der Waals surface area contributed by atoms with E-state index in [4.69, 9.17) is 4.74 Å². The first-order valence-electron chi connectivity index (χ1n) is 6.06. The third kappa shape index (κ3) is 1.32. The smallest absolute Gasteiger partial charge is 0.292 e. The molecular weight excluding hydrogens is 222 g/mol. The quantitative estimate of drug-likeness (QED) is 0.545. The zero-order chi connectivity index (χ0) is 11.9. The summed E-state index contributed by atoms with van der Waals surface area (Å²) in [4.78, 5) is 0. The second-order valence-corrected chi connectivity index (χ2v) is 4.53. The summed E-state index contributed by atoms with van der Waals surface area (Å²) in [6.07, 6.45) is 2.15. The first-order valence-corrected chi connectivity index (χ1v) is 6.06. The van der Waals surface area contributed by atoms with Gasteiger partial charge in [-0.3, -0.25) is 0 Å². The minimum atomic E-state index is 0.581. The molecule has 2 heteroatoms. The van der Waals surface area contributed by atoms with Gasteiger partial charge in [0.05, 0.1) is 5.56 Å². The van der Waals surface area contributed by atoms with Crippen LogP contribution < -0.4 is 9.30 Å². The number of pyridine rings is 1. The Hall–Kier alpha value is -2.35. The fourth-order valence-corrected chi connectivity index (χ4v) is 2.51. The lowest BCUT2D eigenvalue weighted by Crippen LogP contribution is -2.41. The van der Waals surface area contributed by atoms with E-state index in [9.17, 15) is 0 Å². The van der Waals surface area contributed by atoms with Gasteiger partial charge in [0.1, 0.15) is 5.75 Å².